The molecule has 0 saturated carbocycles. The number of allylic oxidation sites excluding steroid dienone is 1. The second-order valence-electron chi connectivity index (χ2n) is 6.43. The van der Waals surface area contributed by atoms with Crippen LogP contribution in [0.1, 0.15) is 5.01 Å². The zero-order chi connectivity index (χ0) is 23.0. The average Bonchev–Trinajstić information content (AvgIpc) is 3.23. The van der Waals surface area contributed by atoms with Crippen molar-refractivity contribution in [2.24, 2.45) is 4.40 Å². The van der Waals surface area contributed by atoms with Crippen molar-refractivity contribution in [1.82, 2.24) is 14.3 Å². The van der Waals surface area contributed by atoms with Gasteiger partial charge in [-0.1, -0.05) is 11.6 Å². The largest absolute Gasteiger partial charge is 0.345 e. The topological polar surface area (TPSA) is 105 Å². The van der Waals surface area contributed by atoms with Crippen molar-refractivity contribution in [3.63, 3.8) is 0 Å². The van der Waals surface area contributed by atoms with Gasteiger partial charge < -0.3 is 5.32 Å². The first-order chi connectivity index (χ1) is 15.1. The number of rotatable bonds is 4. The SMILES string of the molecule is CN1C(C(=O)Nc2ccc(F)c(Cl)c2)=CC(c2ncc(-c3ccc(F)cn3)s2)=NS1(=O)=O. The molecule has 32 heavy (non-hydrogen) atoms. The van der Waals surface area contributed by atoms with E-state index in [0.29, 0.717) is 14.9 Å². The van der Waals surface area contributed by atoms with Crippen molar-refractivity contribution in [2.45, 2.75) is 0 Å². The predicted octanol–water partition coefficient (Wildman–Crippen LogP) is 3.64. The van der Waals surface area contributed by atoms with E-state index in [4.69, 9.17) is 11.6 Å². The van der Waals surface area contributed by atoms with E-state index in [0.717, 1.165) is 23.6 Å². The summed E-state index contributed by atoms with van der Waals surface area (Å²) in [7, 11) is -3.04. The van der Waals surface area contributed by atoms with E-state index in [1.54, 1.807) is 0 Å². The van der Waals surface area contributed by atoms with Gasteiger partial charge in [-0.2, -0.15) is 8.42 Å². The van der Waals surface area contributed by atoms with Crippen LogP contribution in [0.4, 0.5) is 14.5 Å². The summed E-state index contributed by atoms with van der Waals surface area (Å²) >= 11 is 6.80. The summed E-state index contributed by atoms with van der Waals surface area (Å²) in [5.74, 6) is -1.93. The van der Waals surface area contributed by atoms with Crippen molar-refractivity contribution < 1.29 is 22.0 Å². The van der Waals surface area contributed by atoms with Gasteiger partial charge in [-0.05, 0) is 36.4 Å². The molecule has 0 atom stereocenters. The number of likely N-dealkylation sites (N-methyl/N-ethyl adjacent to an activating group) is 1. The minimum Gasteiger partial charge on any atom is -0.321 e. The van der Waals surface area contributed by atoms with E-state index in [1.165, 1.54) is 43.6 Å². The van der Waals surface area contributed by atoms with Gasteiger partial charge in [-0.25, -0.2) is 18.1 Å². The standard InChI is InChI=1S/C19H12ClF2N5O3S2/c1-27-16(18(28)25-11-3-4-13(22)12(20)6-11)7-15(26-32(27,29)30)19-24-9-17(31-19)14-5-2-10(21)8-23-14/h2-9H,1H3,(H,25,28). The Balaban J connectivity index is 1.66. The second-order valence-corrected chi connectivity index (χ2v) is 9.49. The number of hydrogen-bond donors (Lipinski definition) is 1. The van der Waals surface area contributed by atoms with Crippen molar-refractivity contribution in [3.8, 4) is 10.6 Å². The number of aromatic nitrogens is 2. The molecule has 3 heterocycles. The normalized spacial score (nSPS) is 15.2. The van der Waals surface area contributed by atoms with Crippen molar-refractivity contribution in [2.75, 3.05) is 12.4 Å². The summed E-state index contributed by atoms with van der Waals surface area (Å²) in [4.78, 5) is 21.4. The molecule has 8 nitrogen and oxygen atoms in total. The van der Waals surface area contributed by atoms with Crippen LogP contribution in [0.15, 0.2) is 58.9 Å². The first-order valence-electron chi connectivity index (χ1n) is 8.79. The number of carbonyl (C=O) groups excluding carboxylic acids is 1. The number of hydrogen-bond acceptors (Lipinski definition) is 6. The monoisotopic (exact) mass is 495 g/mol. The van der Waals surface area contributed by atoms with Crippen LogP contribution in [0.2, 0.25) is 5.02 Å². The number of pyridine rings is 1. The van der Waals surface area contributed by atoms with Crippen LogP contribution in [0.3, 0.4) is 0 Å². The molecule has 3 aromatic rings. The second kappa shape index (κ2) is 8.37. The Labute approximate surface area is 190 Å². The first-order valence-corrected chi connectivity index (χ1v) is 11.4. The third-order valence-corrected chi connectivity index (χ3v) is 6.94. The van der Waals surface area contributed by atoms with Gasteiger partial charge in [-0.15, -0.1) is 15.7 Å². The van der Waals surface area contributed by atoms with Gasteiger partial charge >= 0.3 is 10.2 Å². The smallest absolute Gasteiger partial charge is 0.321 e. The van der Waals surface area contributed by atoms with Gasteiger partial charge in [-0.3, -0.25) is 9.78 Å². The van der Waals surface area contributed by atoms with Crippen LogP contribution >= 0.6 is 22.9 Å². The van der Waals surface area contributed by atoms with Crippen LogP contribution in [0.25, 0.3) is 10.6 Å². The number of nitrogens with one attached hydrogen (secondary N) is 1. The van der Waals surface area contributed by atoms with Crippen LogP contribution in [-0.2, 0) is 15.0 Å². The number of nitrogens with zero attached hydrogens (tertiary/aromatic N) is 4. The quantitative estimate of drug-likeness (QED) is 0.595. The number of benzene rings is 1. The first kappa shape index (κ1) is 22.0. The summed E-state index contributed by atoms with van der Waals surface area (Å²) < 4.78 is 55.9. The molecule has 0 unspecified atom stereocenters. The Morgan fingerprint density at radius 2 is 1.94 bits per heavy atom. The van der Waals surface area contributed by atoms with Crippen LogP contribution in [0, 0.1) is 11.6 Å². The number of amides is 1. The van der Waals surface area contributed by atoms with E-state index in [9.17, 15) is 22.0 Å². The Kier molecular flexibility index (Phi) is 5.75. The fraction of sp³-hybridized carbons (Fsp3) is 0.0526. The lowest BCUT2D eigenvalue weighted by molar-refractivity contribution is -0.113. The van der Waals surface area contributed by atoms with E-state index >= 15 is 0 Å². The Morgan fingerprint density at radius 3 is 2.62 bits per heavy atom. The van der Waals surface area contributed by atoms with E-state index < -0.39 is 27.8 Å². The maximum atomic E-state index is 13.3. The highest BCUT2D eigenvalue weighted by atomic mass is 35.5. The van der Waals surface area contributed by atoms with Gasteiger partial charge in [0.15, 0.2) is 0 Å². The number of halogens is 3. The highest BCUT2D eigenvalue weighted by Gasteiger charge is 2.31. The molecule has 1 amide bonds. The molecule has 1 aromatic carbocycles. The fourth-order valence-corrected chi connectivity index (χ4v) is 4.65. The molecule has 0 radical (unpaired) electrons. The maximum absolute atomic E-state index is 13.3. The lowest BCUT2D eigenvalue weighted by Crippen LogP contribution is -2.35. The van der Waals surface area contributed by atoms with Gasteiger partial charge in [0.1, 0.15) is 28.1 Å². The predicted molar refractivity (Wildman–Crippen MR) is 117 cm³/mol. The lowest BCUT2D eigenvalue weighted by Gasteiger charge is -2.23. The molecule has 0 fully saturated rings. The summed E-state index contributed by atoms with van der Waals surface area (Å²) in [6.45, 7) is 0. The lowest BCUT2D eigenvalue weighted by atomic mass is 10.2. The molecule has 0 saturated heterocycles. The summed E-state index contributed by atoms with van der Waals surface area (Å²) in [6, 6.07) is 6.26. The Hall–Kier alpha value is -3.22. The number of carbonyl (C=O) groups is 1. The van der Waals surface area contributed by atoms with Gasteiger partial charge in [0.2, 0.25) is 0 Å². The third kappa shape index (κ3) is 4.38. The van der Waals surface area contributed by atoms with E-state index in [1.807, 2.05) is 0 Å². The van der Waals surface area contributed by atoms with Crippen LogP contribution in [0.5, 0.6) is 0 Å². The highest BCUT2D eigenvalue weighted by molar-refractivity contribution is 7.88. The molecule has 164 valence electrons. The third-order valence-electron chi connectivity index (χ3n) is 4.29. The Morgan fingerprint density at radius 1 is 1.16 bits per heavy atom. The van der Waals surface area contributed by atoms with Crippen molar-refractivity contribution >= 4 is 50.5 Å². The minimum atomic E-state index is -4.21. The minimum absolute atomic E-state index is 0.0521. The molecule has 1 aliphatic heterocycles. The fourth-order valence-electron chi connectivity index (χ4n) is 2.67. The van der Waals surface area contributed by atoms with Gasteiger partial charge in [0.05, 0.1) is 21.8 Å². The molecule has 1 N–H and O–H groups in total. The number of thiazole rings is 1. The van der Waals surface area contributed by atoms with Gasteiger partial charge in [0, 0.05) is 18.9 Å². The molecular formula is C19H12ClF2N5O3S2. The van der Waals surface area contributed by atoms with Crippen molar-refractivity contribution in [3.05, 3.63) is 76.2 Å². The van der Waals surface area contributed by atoms with E-state index in [-0.39, 0.29) is 27.1 Å². The molecule has 0 spiro atoms. The van der Waals surface area contributed by atoms with Crippen molar-refractivity contribution in [1.29, 1.82) is 0 Å². The number of anilines is 1. The molecule has 2 aromatic heterocycles. The van der Waals surface area contributed by atoms with Gasteiger partial charge in [0.25, 0.3) is 5.91 Å². The van der Waals surface area contributed by atoms with Crippen LogP contribution in [-0.4, -0.2) is 41.4 Å². The zero-order valence-corrected chi connectivity index (χ0v) is 18.5. The zero-order valence-electron chi connectivity index (χ0n) is 16.1. The molecule has 0 bridgehead atoms. The maximum Gasteiger partial charge on any atom is 0.345 e. The molecule has 1 aliphatic rings. The molecule has 13 heteroatoms. The summed E-state index contributed by atoms with van der Waals surface area (Å²) in [6.07, 6.45) is 3.76. The van der Waals surface area contributed by atoms with E-state index in [2.05, 4.69) is 19.7 Å². The van der Waals surface area contributed by atoms with Crippen LogP contribution < -0.4 is 5.32 Å². The summed E-state index contributed by atoms with van der Waals surface area (Å²) in [5.41, 5.74) is 0.341. The summed E-state index contributed by atoms with van der Waals surface area (Å²) in [5, 5.41) is 2.49. The molecular weight excluding hydrogens is 484 g/mol. The highest BCUT2D eigenvalue weighted by Crippen LogP contribution is 2.28. The average molecular weight is 496 g/mol. The molecule has 4 rings (SSSR count). The molecule has 0 aliphatic carbocycles. The Bertz CT molecular complexity index is 1390.